The molecule has 134 valence electrons. The maximum Gasteiger partial charge on any atom is 0.281 e. The van der Waals surface area contributed by atoms with Gasteiger partial charge in [0.15, 0.2) is 0 Å². The van der Waals surface area contributed by atoms with E-state index in [0.717, 1.165) is 12.8 Å². The largest absolute Gasteiger partial charge is 0.281 e. The quantitative estimate of drug-likeness (QED) is 0.425. The van der Waals surface area contributed by atoms with E-state index in [1.54, 1.807) is 7.05 Å². The number of halogens is 2. The zero-order chi connectivity index (χ0) is 17.1. The third-order valence-corrected chi connectivity index (χ3v) is 4.56. The van der Waals surface area contributed by atoms with Crippen molar-refractivity contribution in [2.45, 2.75) is 90.9 Å². The van der Waals surface area contributed by atoms with Gasteiger partial charge in [-0.05, 0) is 12.3 Å². The first-order chi connectivity index (χ1) is 11.1. The monoisotopic (exact) mass is 329 g/mol. The van der Waals surface area contributed by atoms with Gasteiger partial charge in [0.05, 0.1) is 5.69 Å². The molecule has 0 aliphatic heterocycles. The highest BCUT2D eigenvalue weighted by Crippen LogP contribution is 2.27. The highest BCUT2D eigenvalue weighted by Gasteiger charge is 2.22. The van der Waals surface area contributed by atoms with Crippen molar-refractivity contribution in [3.8, 4) is 0 Å². The summed E-state index contributed by atoms with van der Waals surface area (Å²) in [7, 11) is 1.55. The van der Waals surface area contributed by atoms with Gasteiger partial charge in [-0.1, -0.05) is 83.3 Å². The lowest BCUT2D eigenvalue weighted by molar-refractivity contribution is 0.139. The summed E-state index contributed by atoms with van der Waals surface area (Å²) in [6.45, 7) is 4.41. The molecule has 5 heteroatoms. The fourth-order valence-electron chi connectivity index (χ4n) is 3.16. The van der Waals surface area contributed by atoms with E-state index < -0.39 is 6.43 Å². The van der Waals surface area contributed by atoms with Gasteiger partial charge in [-0.15, -0.1) is 5.10 Å². The van der Waals surface area contributed by atoms with E-state index >= 15 is 0 Å². The Hall–Kier alpha value is -1.00. The Morgan fingerprint density at radius 2 is 1.48 bits per heavy atom. The molecule has 0 spiro atoms. The molecule has 0 radical (unpaired) electrons. The van der Waals surface area contributed by atoms with Crippen molar-refractivity contribution in [1.29, 1.82) is 0 Å². The molecule has 3 nitrogen and oxygen atoms in total. The molecule has 23 heavy (non-hydrogen) atoms. The molecule has 0 aromatic carbocycles. The Kier molecular flexibility index (Phi) is 10.0. The highest BCUT2D eigenvalue weighted by atomic mass is 19.3. The van der Waals surface area contributed by atoms with Gasteiger partial charge in [-0.3, -0.25) is 0 Å². The number of unbranched alkanes of at least 4 members (excludes halogenated alkanes) is 6. The first-order valence-corrected chi connectivity index (χ1v) is 9.26. The zero-order valence-corrected chi connectivity index (χ0v) is 15.0. The molecule has 1 rings (SSSR count). The summed E-state index contributed by atoms with van der Waals surface area (Å²) in [6.07, 6.45) is 10.2. The Bertz CT molecular complexity index is 406. The molecule has 0 fully saturated rings. The van der Waals surface area contributed by atoms with E-state index in [1.165, 1.54) is 56.0 Å². The molecule has 0 bridgehead atoms. The molecule has 0 unspecified atom stereocenters. The molecule has 0 aliphatic rings. The lowest BCUT2D eigenvalue weighted by Crippen LogP contribution is -2.09. The maximum atomic E-state index is 13.2. The van der Waals surface area contributed by atoms with E-state index in [9.17, 15) is 8.78 Å². The van der Waals surface area contributed by atoms with Crippen molar-refractivity contribution in [2.24, 2.45) is 13.0 Å². The van der Waals surface area contributed by atoms with Crippen LogP contribution in [-0.4, -0.2) is 15.0 Å². The van der Waals surface area contributed by atoms with Crippen molar-refractivity contribution < 1.29 is 8.78 Å². The van der Waals surface area contributed by atoms with Gasteiger partial charge in [-0.2, -0.15) is 0 Å². The van der Waals surface area contributed by atoms with Crippen molar-refractivity contribution in [1.82, 2.24) is 15.0 Å². The number of hydrogen-bond donors (Lipinski definition) is 0. The second-order valence-corrected chi connectivity index (χ2v) is 6.61. The second-order valence-electron chi connectivity index (χ2n) is 6.61. The fraction of sp³-hybridized carbons (Fsp3) is 0.889. The number of rotatable bonds is 13. The van der Waals surface area contributed by atoms with Crippen LogP contribution in [-0.2, 0) is 13.5 Å². The van der Waals surface area contributed by atoms with Crippen LogP contribution in [0.25, 0.3) is 0 Å². The smallest absolute Gasteiger partial charge is 0.246 e. The number of hydrogen-bond acceptors (Lipinski definition) is 2. The first-order valence-electron chi connectivity index (χ1n) is 9.26. The van der Waals surface area contributed by atoms with E-state index in [1.807, 2.05) is 0 Å². The van der Waals surface area contributed by atoms with Gasteiger partial charge in [-0.25, -0.2) is 13.5 Å². The zero-order valence-electron chi connectivity index (χ0n) is 15.0. The standard InChI is InChI=1S/C18H33F2N3/c1-4-6-8-10-12-15(13-11-9-7-5-2)14-16-17(18(19)20)23(3)22-21-16/h15,18H,4-14H2,1-3H3. The number of aryl methyl sites for hydroxylation is 1. The minimum atomic E-state index is -2.49. The van der Waals surface area contributed by atoms with Crippen LogP contribution in [0.3, 0.4) is 0 Å². The SMILES string of the molecule is CCCCCCC(CCCCCC)Cc1nnn(C)c1C(F)F. The second kappa shape index (κ2) is 11.5. The maximum absolute atomic E-state index is 13.2. The minimum Gasteiger partial charge on any atom is -0.246 e. The fourth-order valence-corrected chi connectivity index (χ4v) is 3.16. The van der Waals surface area contributed by atoms with Crippen LogP contribution in [0.4, 0.5) is 8.78 Å². The van der Waals surface area contributed by atoms with Crippen molar-refractivity contribution in [3.05, 3.63) is 11.4 Å². The lowest BCUT2D eigenvalue weighted by Gasteiger charge is -2.16. The summed E-state index contributed by atoms with van der Waals surface area (Å²) in [6, 6.07) is 0. The number of nitrogens with zero attached hydrogens (tertiary/aromatic N) is 3. The van der Waals surface area contributed by atoms with Gasteiger partial charge in [0.2, 0.25) is 0 Å². The average Bonchev–Trinajstić information content (AvgIpc) is 2.88. The third-order valence-electron chi connectivity index (χ3n) is 4.56. The third kappa shape index (κ3) is 7.40. The summed E-state index contributed by atoms with van der Waals surface area (Å²) in [5.74, 6) is 0.456. The predicted molar refractivity (Wildman–Crippen MR) is 90.7 cm³/mol. The molecular weight excluding hydrogens is 296 g/mol. The van der Waals surface area contributed by atoms with Crippen LogP contribution >= 0.6 is 0 Å². The number of alkyl halides is 2. The topological polar surface area (TPSA) is 30.7 Å². The van der Waals surface area contributed by atoms with Gasteiger partial charge in [0, 0.05) is 7.05 Å². The van der Waals surface area contributed by atoms with Crippen molar-refractivity contribution in [3.63, 3.8) is 0 Å². The molecule has 0 atom stereocenters. The van der Waals surface area contributed by atoms with Crippen LogP contribution in [0.2, 0.25) is 0 Å². The van der Waals surface area contributed by atoms with Gasteiger partial charge >= 0.3 is 0 Å². The van der Waals surface area contributed by atoms with Crippen LogP contribution in [0.5, 0.6) is 0 Å². The van der Waals surface area contributed by atoms with Crippen LogP contribution < -0.4 is 0 Å². The summed E-state index contributed by atoms with van der Waals surface area (Å²) in [4.78, 5) is 0. The Morgan fingerprint density at radius 1 is 0.913 bits per heavy atom. The molecular formula is C18H33F2N3. The Balaban J connectivity index is 2.59. The summed E-state index contributed by atoms with van der Waals surface area (Å²) in [5.41, 5.74) is 0.496. The van der Waals surface area contributed by atoms with Crippen LogP contribution in [0, 0.1) is 5.92 Å². The molecule has 1 aromatic rings. The van der Waals surface area contributed by atoms with Crippen LogP contribution in [0.1, 0.15) is 95.9 Å². The summed E-state index contributed by atoms with van der Waals surface area (Å²) >= 11 is 0. The first kappa shape index (κ1) is 20.0. The number of aromatic nitrogens is 3. The Morgan fingerprint density at radius 3 is 1.96 bits per heavy atom. The molecule has 0 aliphatic carbocycles. The highest BCUT2D eigenvalue weighted by molar-refractivity contribution is 5.12. The lowest BCUT2D eigenvalue weighted by atomic mass is 9.90. The molecule has 0 N–H and O–H groups in total. The molecule has 1 aromatic heterocycles. The van der Waals surface area contributed by atoms with Crippen LogP contribution in [0.15, 0.2) is 0 Å². The molecule has 0 saturated carbocycles. The molecule has 1 heterocycles. The summed E-state index contributed by atoms with van der Waals surface area (Å²) < 4.78 is 27.6. The van der Waals surface area contributed by atoms with E-state index in [0.29, 0.717) is 18.0 Å². The Labute approximate surface area is 139 Å². The average molecular weight is 329 g/mol. The minimum absolute atomic E-state index is 0.00267. The van der Waals surface area contributed by atoms with Crippen molar-refractivity contribution >= 4 is 0 Å². The van der Waals surface area contributed by atoms with Gasteiger partial charge < -0.3 is 0 Å². The van der Waals surface area contributed by atoms with Gasteiger partial charge in [0.25, 0.3) is 6.43 Å². The van der Waals surface area contributed by atoms with E-state index in [2.05, 4.69) is 24.2 Å². The molecule has 0 amide bonds. The normalized spacial score (nSPS) is 11.8. The van der Waals surface area contributed by atoms with Gasteiger partial charge in [0.1, 0.15) is 5.69 Å². The predicted octanol–water partition coefficient (Wildman–Crippen LogP) is 5.85. The van der Waals surface area contributed by atoms with Crippen molar-refractivity contribution in [2.75, 3.05) is 0 Å². The van der Waals surface area contributed by atoms with E-state index in [4.69, 9.17) is 0 Å². The summed E-state index contributed by atoms with van der Waals surface area (Å²) in [5, 5.41) is 7.80. The van der Waals surface area contributed by atoms with E-state index in [-0.39, 0.29) is 5.69 Å². The molecule has 0 saturated heterocycles.